The standard InChI is InChI=1S/C13H18N2O2/c14-8-10-3-4-15(9-10)11-1-2-12-13(7-11)17-6-5-16-12/h1-2,7,10H,3-6,8-9,14H2/t10-/m0/s1. The predicted octanol–water partition coefficient (Wildman–Crippen LogP) is 1.24. The third-order valence-electron chi connectivity index (χ3n) is 3.51. The molecule has 3 rings (SSSR count). The van der Waals surface area contributed by atoms with Crippen molar-refractivity contribution in [2.24, 2.45) is 11.7 Å². The van der Waals surface area contributed by atoms with Gasteiger partial charge in [0, 0.05) is 24.8 Å². The van der Waals surface area contributed by atoms with Crippen molar-refractivity contribution in [1.82, 2.24) is 0 Å². The average molecular weight is 234 g/mol. The molecule has 17 heavy (non-hydrogen) atoms. The number of hydrogen-bond acceptors (Lipinski definition) is 4. The first-order valence-electron chi connectivity index (χ1n) is 6.21. The second-order valence-corrected chi connectivity index (χ2v) is 4.66. The van der Waals surface area contributed by atoms with Crippen molar-refractivity contribution in [1.29, 1.82) is 0 Å². The molecule has 0 radical (unpaired) electrons. The van der Waals surface area contributed by atoms with Crippen LogP contribution in [0.15, 0.2) is 18.2 Å². The Bertz CT molecular complexity index is 408. The molecule has 1 fully saturated rings. The van der Waals surface area contributed by atoms with E-state index in [1.807, 2.05) is 6.07 Å². The molecule has 0 saturated carbocycles. The highest BCUT2D eigenvalue weighted by Crippen LogP contribution is 2.35. The van der Waals surface area contributed by atoms with Crippen LogP contribution in [0.25, 0.3) is 0 Å². The first kappa shape index (κ1) is 10.7. The summed E-state index contributed by atoms with van der Waals surface area (Å²) < 4.78 is 11.1. The van der Waals surface area contributed by atoms with Gasteiger partial charge in [0.1, 0.15) is 13.2 Å². The molecule has 1 atom stereocenters. The lowest BCUT2D eigenvalue weighted by atomic mass is 10.1. The van der Waals surface area contributed by atoms with E-state index in [4.69, 9.17) is 15.2 Å². The third kappa shape index (κ3) is 2.05. The van der Waals surface area contributed by atoms with Crippen molar-refractivity contribution in [3.63, 3.8) is 0 Å². The Morgan fingerprint density at radius 2 is 2.06 bits per heavy atom. The lowest BCUT2D eigenvalue weighted by Crippen LogP contribution is -2.23. The van der Waals surface area contributed by atoms with E-state index in [1.165, 1.54) is 12.1 Å². The molecule has 0 unspecified atom stereocenters. The normalized spacial score (nSPS) is 22.9. The molecular formula is C13H18N2O2. The fourth-order valence-electron chi connectivity index (χ4n) is 2.49. The molecule has 0 spiro atoms. The molecule has 0 aromatic heterocycles. The fourth-order valence-corrected chi connectivity index (χ4v) is 2.49. The molecule has 92 valence electrons. The first-order chi connectivity index (χ1) is 8.36. The zero-order valence-electron chi connectivity index (χ0n) is 9.89. The Labute approximate surface area is 101 Å². The minimum Gasteiger partial charge on any atom is -0.486 e. The maximum absolute atomic E-state index is 5.71. The number of anilines is 1. The molecule has 0 aliphatic carbocycles. The zero-order valence-corrected chi connectivity index (χ0v) is 9.89. The van der Waals surface area contributed by atoms with Gasteiger partial charge < -0.3 is 20.1 Å². The van der Waals surface area contributed by atoms with Crippen LogP contribution in [0.1, 0.15) is 6.42 Å². The number of benzene rings is 1. The molecular weight excluding hydrogens is 216 g/mol. The Balaban J connectivity index is 1.79. The van der Waals surface area contributed by atoms with Crippen molar-refractivity contribution in [3.05, 3.63) is 18.2 Å². The van der Waals surface area contributed by atoms with Gasteiger partial charge in [-0.25, -0.2) is 0 Å². The summed E-state index contributed by atoms with van der Waals surface area (Å²) in [5.74, 6) is 2.35. The van der Waals surface area contributed by atoms with E-state index in [2.05, 4.69) is 17.0 Å². The SMILES string of the molecule is NC[C@@H]1CCN(c2ccc3c(c2)OCCO3)C1. The second kappa shape index (κ2) is 4.45. The summed E-state index contributed by atoms with van der Waals surface area (Å²) in [5, 5.41) is 0. The molecule has 0 bridgehead atoms. The van der Waals surface area contributed by atoms with Gasteiger partial charge in [0.2, 0.25) is 0 Å². The summed E-state index contributed by atoms with van der Waals surface area (Å²) in [5.41, 5.74) is 6.93. The monoisotopic (exact) mass is 234 g/mol. The average Bonchev–Trinajstić information content (AvgIpc) is 2.87. The van der Waals surface area contributed by atoms with Gasteiger partial charge in [0.05, 0.1) is 0 Å². The van der Waals surface area contributed by atoms with Crippen molar-refractivity contribution in [2.45, 2.75) is 6.42 Å². The molecule has 1 aromatic carbocycles. The molecule has 2 N–H and O–H groups in total. The van der Waals surface area contributed by atoms with Crippen LogP contribution in [-0.4, -0.2) is 32.8 Å². The van der Waals surface area contributed by atoms with E-state index in [9.17, 15) is 0 Å². The van der Waals surface area contributed by atoms with Crippen molar-refractivity contribution in [2.75, 3.05) is 37.7 Å². The largest absolute Gasteiger partial charge is 0.486 e. The van der Waals surface area contributed by atoms with Crippen LogP contribution in [0.2, 0.25) is 0 Å². The first-order valence-corrected chi connectivity index (χ1v) is 6.21. The second-order valence-electron chi connectivity index (χ2n) is 4.66. The van der Waals surface area contributed by atoms with Crippen LogP contribution in [0.4, 0.5) is 5.69 Å². The van der Waals surface area contributed by atoms with E-state index in [0.29, 0.717) is 19.1 Å². The van der Waals surface area contributed by atoms with Gasteiger partial charge in [0.15, 0.2) is 11.5 Å². The fraction of sp³-hybridized carbons (Fsp3) is 0.538. The molecule has 1 aromatic rings. The highest BCUT2D eigenvalue weighted by atomic mass is 16.6. The molecule has 2 aliphatic heterocycles. The highest BCUT2D eigenvalue weighted by Gasteiger charge is 2.22. The summed E-state index contributed by atoms with van der Waals surface area (Å²) >= 11 is 0. The van der Waals surface area contributed by atoms with Crippen LogP contribution in [0, 0.1) is 5.92 Å². The number of nitrogens with zero attached hydrogens (tertiary/aromatic N) is 1. The Hall–Kier alpha value is -1.42. The van der Waals surface area contributed by atoms with Gasteiger partial charge in [0.25, 0.3) is 0 Å². The predicted molar refractivity (Wildman–Crippen MR) is 66.8 cm³/mol. The summed E-state index contributed by atoms with van der Waals surface area (Å²) in [6, 6.07) is 6.18. The molecule has 2 aliphatic rings. The van der Waals surface area contributed by atoms with E-state index in [0.717, 1.165) is 31.1 Å². The van der Waals surface area contributed by atoms with Crippen LogP contribution in [0.5, 0.6) is 11.5 Å². The summed E-state index contributed by atoms with van der Waals surface area (Å²) in [7, 11) is 0. The van der Waals surface area contributed by atoms with Crippen LogP contribution >= 0.6 is 0 Å². The van der Waals surface area contributed by atoms with Crippen LogP contribution in [0.3, 0.4) is 0 Å². The van der Waals surface area contributed by atoms with Gasteiger partial charge in [-0.05, 0) is 31.0 Å². The number of ether oxygens (including phenoxy) is 2. The Kier molecular flexibility index (Phi) is 2.81. The molecule has 4 heteroatoms. The highest BCUT2D eigenvalue weighted by molar-refractivity contribution is 5.57. The summed E-state index contributed by atoms with van der Waals surface area (Å²) in [6.07, 6.45) is 1.19. The molecule has 0 amide bonds. The number of fused-ring (bicyclic) bond motifs is 1. The Morgan fingerprint density at radius 1 is 1.24 bits per heavy atom. The smallest absolute Gasteiger partial charge is 0.163 e. The lowest BCUT2D eigenvalue weighted by Gasteiger charge is -2.23. The Morgan fingerprint density at radius 3 is 2.82 bits per heavy atom. The molecule has 1 saturated heterocycles. The van der Waals surface area contributed by atoms with Crippen LogP contribution < -0.4 is 20.1 Å². The maximum Gasteiger partial charge on any atom is 0.163 e. The number of rotatable bonds is 2. The van der Waals surface area contributed by atoms with Crippen molar-refractivity contribution < 1.29 is 9.47 Å². The van der Waals surface area contributed by atoms with E-state index >= 15 is 0 Å². The van der Waals surface area contributed by atoms with Gasteiger partial charge in [-0.2, -0.15) is 0 Å². The zero-order chi connectivity index (χ0) is 11.7. The maximum atomic E-state index is 5.71. The topological polar surface area (TPSA) is 47.7 Å². The third-order valence-corrected chi connectivity index (χ3v) is 3.51. The summed E-state index contributed by atoms with van der Waals surface area (Å²) in [6.45, 7) is 4.20. The van der Waals surface area contributed by atoms with E-state index in [1.54, 1.807) is 0 Å². The van der Waals surface area contributed by atoms with Gasteiger partial charge in [-0.3, -0.25) is 0 Å². The van der Waals surface area contributed by atoms with E-state index < -0.39 is 0 Å². The molecule has 2 heterocycles. The molecule has 4 nitrogen and oxygen atoms in total. The van der Waals surface area contributed by atoms with Gasteiger partial charge in [-0.1, -0.05) is 0 Å². The van der Waals surface area contributed by atoms with Gasteiger partial charge in [-0.15, -0.1) is 0 Å². The lowest BCUT2D eigenvalue weighted by molar-refractivity contribution is 0.171. The van der Waals surface area contributed by atoms with Crippen molar-refractivity contribution >= 4 is 5.69 Å². The summed E-state index contributed by atoms with van der Waals surface area (Å²) in [4.78, 5) is 2.37. The minimum absolute atomic E-state index is 0.628. The minimum atomic E-state index is 0.628. The van der Waals surface area contributed by atoms with Crippen LogP contribution in [-0.2, 0) is 0 Å². The van der Waals surface area contributed by atoms with Crippen molar-refractivity contribution in [3.8, 4) is 11.5 Å². The number of hydrogen-bond donors (Lipinski definition) is 1. The number of nitrogens with two attached hydrogens (primary N) is 1. The van der Waals surface area contributed by atoms with E-state index in [-0.39, 0.29) is 0 Å². The quantitative estimate of drug-likeness (QED) is 0.836. The van der Waals surface area contributed by atoms with Gasteiger partial charge >= 0.3 is 0 Å².